The number of hydrogen-bond donors (Lipinski definition) is 1. The molecular formula is C27H37N3O5S. The SMILES string of the molecule is CCOc1ccc(N(CC(=O)N(Cc2ccccc2)[C@@H](CC)C(=O)NC2CCCC2)S(C)(=O)=O)cc1. The van der Waals surface area contributed by atoms with Crippen molar-refractivity contribution >= 4 is 27.5 Å². The van der Waals surface area contributed by atoms with E-state index in [2.05, 4.69) is 5.32 Å². The Balaban J connectivity index is 1.88. The van der Waals surface area contributed by atoms with E-state index in [4.69, 9.17) is 4.74 Å². The topological polar surface area (TPSA) is 96.0 Å². The highest BCUT2D eigenvalue weighted by atomic mass is 32.2. The van der Waals surface area contributed by atoms with Crippen molar-refractivity contribution in [1.82, 2.24) is 10.2 Å². The number of carbonyl (C=O) groups is 2. The summed E-state index contributed by atoms with van der Waals surface area (Å²) in [7, 11) is -3.77. The minimum Gasteiger partial charge on any atom is -0.494 e. The van der Waals surface area contributed by atoms with E-state index in [-0.39, 0.29) is 18.5 Å². The zero-order valence-electron chi connectivity index (χ0n) is 21.4. The van der Waals surface area contributed by atoms with Crippen LogP contribution in [-0.2, 0) is 26.2 Å². The number of carbonyl (C=O) groups excluding carboxylic acids is 2. The van der Waals surface area contributed by atoms with Gasteiger partial charge in [0.15, 0.2) is 0 Å². The molecule has 1 atom stereocenters. The van der Waals surface area contributed by atoms with Gasteiger partial charge in [-0.15, -0.1) is 0 Å². The Kier molecular flexibility index (Phi) is 9.75. The maximum Gasteiger partial charge on any atom is 0.244 e. The third kappa shape index (κ3) is 7.46. The fourth-order valence-corrected chi connectivity index (χ4v) is 5.41. The number of amides is 2. The average molecular weight is 516 g/mol. The van der Waals surface area contributed by atoms with Gasteiger partial charge in [-0.05, 0) is 56.0 Å². The van der Waals surface area contributed by atoms with Crippen LogP contribution < -0.4 is 14.4 Å². The lowest BCUT2D eigenvalue weighted by molar-refractivity contribution is -0.140. The highest BCUT2D eigenvalue weighted by Crippen LogP contribution is 2.23. The van der Waals surface area contributed by atoms with E-state index in [1.807, 2.05) is 44.2 Å². The van der Waals surface area contributed by atoms with Crippen molar-refractivity contribution in [3.05, 3.63) is 60.2 Å². The second-order valence-corrected chi connectivity index (χ2v) is 11.0. The second-order valence-electron chi connectivity index (χ2n) is 9.12. The van der Waals surface area contributed by atoms with Crippen molar-refractivity contribution in [1.29, 1.82) is 0 Å². The smallest absolute Gasteiger partial charge is 0.244 e. The Hall–Kier alpha value is -3.07. The Morgan fingerprint density at radius 3 is 2.22 bits per heavy atom. The number of benzene rings is 2. The highest BCUT2D eigenvalue weighted by Gasteiger charge is 2.33. The van der Waals surface area contributed by atoms with Crippen molar-refractivity contribution in [2.24, 2.45) is 0 Å². The predicted molar refractivity (Wildman–Crippen MR) is 141 cm³/mol. The Morgan fingerprint density at radius 2 is 1.67 bits per heavy atom. The number of sulfonamides is 1. The molecule has 0 aliphatic heterocycles. The molecule has 2 aromatic rings. The number of anilines is 1. The first-order chi connectivity index (χ1) is 17.2. The van der Waals surface area contributed by atoms with E-state index in [9.17, 15) is 18.0 Å². The van der Waals surface area contributed by atoms with Gasteiger partial charge in [0.25, 0.3) is 0 Å². The monoisotopic (exact) mass is 515 g/mol. The summed E-state index contributed by atoms with van der Waals surface area (Å²) in [6.07, 6.45) is 5.53. The van der Waals surface area contributed by atoms with E-state index in [0.29, 0.717) is 24.5 Å². The summed E-state index contributed by atoms with van der Waals surface area (Å²) in [5, 5.41) is 3.11. The van der Waals surface area contributed by atoms with Crippen LogP contribution in [0.3, 0.4) is 0 Å². The van der Waals surface area contributed by atoms with Crippen LogP contribution in [0.4, 0.5) is 5.69 Å². The van der Waals surface area contributed by atoms with Crippen LogP contribution in [-0.4, -0.2) is 56.6 Å². The van der Waals surface area contributed by atoms with E-state index in [1.54, 1.807) is 24.3 Å². The lowest BCUT2D eigenvalue weighted by Crippen LogP contribution is -2.53. The number of nitrogens with zero attached hydrogens (tertiary/aromatic N) is 2. The van der Waals surface area contributed by atoms with Gasteiger partial charge in [-0.1, -0.05) is 50.1 Å². The molecule has 1 saturated carbocycles. The van der Waals surface area contributed by atoms with Crippen LogP contribution >= 0.6 is 0 Å². The minimum absolute atomic E-state index is 0.122. The van der Waals surface area contributed by atoms with Gasteiger partial charge in [-0.25, -0.2) is 8.42 Å². The first-order valence-electron chi connectivity index (χ1n) is 12.6. The summed E-state index contributed by atoms with van der Waals surface area (Å²) >= 11 is 0. The van der Waals surface area contributed by atoms with Gasteiger partial charge in [0, 0.05) is 12.6 Å². The molecule has 9 heteroatoms. The van der Waals surface area contributed by atoms with E-state index in [0.717, 1.165) is 41.8 Å². The molecule has 0 spiro atoms. The third-order valence-electron chi connectivity index (χ3n) is 6.40. The van der Waals surface area contributed by atoms with Crippen LogP contribution in [0.15, 0.2) is 54.6 Å². The molecule has 0 saturated heterocycles. The largest absolute Gasteiger partial charge is 0.494 e. The summed E-state index contributed by atoms with van der Waals surface area (Å²) in [6, 6.07) is 15.4. The van der Waals surface area contributed by atoms with Gasteiger partial charge in [-0.2, -0.15) is 0 Å². The summed E-state index contributed by atoms with van der Waals surface area (Å²) in [5.41, 5.74) is 1.22. The lowest BCUT2D eigenvalue weighted by atomic mass is 10.1. The normalized spacial score (nSPS) is 14.8. The Labute approximate surface area is 214 Å². The molecule has 2 aromatic carbocycles. The predicted octanol–water partition coefficient (Wildman–Crippen LogP) is 3.72. The van der Waals surface area contributed by atoms with Gasteiger partial charge in [0.2, 0.25) is 21.8 Å². The summed E-state index contributed by atoms with van der Waals surface area (Å²) in [6.45, 7) is 4.02. The molecule has 36 heavy (non-hydrogen) atoms. The molecule has 196 valence electrons. The molecule has 0 heterocycles. The van der Waals surface area contributed by atoms with Crippen LogP contribution in [0.5, 0.6) is 5.75 Å². The average Bonchev–Trinajstić information content (AvgIpc) is 3.36. The number of hydrogen-bond acceptors (Lipinski definition) is 5. The van der Waals surface area contributed by atoms with Crippen molar-refractivity contribution in [2.45, 2.75) is 64.6 Å². The van der Waals surface area contributed by atoms with Crippen LogP contribution in [0.25, 0.3) is 0 Å². The van der Waals surface area contributed by atoms with Gasteiger partial charge < -0.3 is 15.0 Å². The molecule has 0 aromatic heterocycles. The van der Waals surface area contributed by atoms with Crippen LogP contribution in [0.2, 0.25) is 0 Å². The number of nitrogens with one attached hydrogen (secondary N) is 1. The van der Waals surface area contributed by atoms with Crippen molar-refractivity contribution < 1.29 is 22.7 Å². The first kappa shape index (κ1) is 27.5. The van der Waals surface area contributed by atoms with Gasteiger partial charge in [-0.3, -0.25) is 13.9 Å². The molecule has 1 N–H and O–H groups in total. The number of ether oxygens (including phenoxy) is 1. The van der Waals surface area contributed by atoms with E-state index in [1.165, 1.54) is 4.90 Å². The van der Waals surface area contributed by atoms with E-state index >= 15 is 0 Å². The second kappa shape index (κ2) is 12.8. The maximum atomic E-state index is 13.7. The Morgan fingerprint density at radius 1 is 1.03 bits per heavy atom. The first-order valence-corrected chi connectivity index (χ1v) is 14.4. The molecule has 1 fully saturated rings. The minimum atomic E-state index is -3.77. The van der Waals surface area contributed by atoms with Gasteiger partial charge >= 0.3 is 0 Å². The fraction of sp³-hybridized carbons (Fsp3) is 0.481. The molecule has 0 radical (unpaired) electrons. The van der Waals surface area contributed by atoms with Crippen molar-refractivity contribution in [3.8, 4) is 5.75 Å². The molecular weight excluding hydrogens is 478 g/mol. The Bertz CT molecular complexity index is 1100. The molecule has 8 nitrogen and oxygen atoms in total. The molecule has 3 rings (SSSR count). The molecule has 1 aliphatic rings. The van der Waals surface area contributed by atoms with Crippen molar-refractivity contribution in [3.63, 3.8) is 0 Å². The summed E-state index contributed by atoms with van der Waals surface area (Å²) < 4.78 is 31.9. The lowest BCUT2D eigenvalue weighted by Gasteiger charge is -2.33. The van der Waals surface area contributed by atoms with Crippen LogP contribution in [0, 0.1) is 0 Å². The maximum absolute atomic E-state index is 13.7. The quantitative estimate of drug-likeness (QED) is 0.465. The summed E-state index contributed by atoms with van der Waals surface area (Å²) in [5.74, 6) is -0.0198. The molecule has 2 amide bonds. The fourth-order valence-electron chi connectivity index (χ4n) is 4.56. The standard InChI is InChI=1S/C27H37N3O5S/c1-4-25(27(32)28-22-13-9-10-14-22)29(19-21-11-7-6-8-12-21)26(31)20-30(36(3,33)34)23-15-17-24(18-16-23)35-5-2/h6-8,11-12,15-18,22,25H,4-5,9-10,13-14,19-20H2,1-3H3,(H,28,32)/t25-/m0/s1. The molecule has 1 aliphatic carbocycles. The zero-order valence-corrected chi connectivity index (χ0v) is 22.2. The van der Waals surface area contributed by atoms with Crippen LogP contribution in [0.1, 0.15) is 51.5 Å². The third-order valence-corrected chi connectivity index (χ3v) is 7.54. The summed E-state index contributed by atoms with van der Waals surface area (Å²) in [4.78, 5) is 28.5. The van der Waals surface area contributed by atoms with E-state index < -0.39 is 28.5 Å². The molecule has 0 bridgehead atoms. The zero-order chi connectivity index (χ0) is 26.1. The highest BCUT2D eigenvalue weighted by molar-refractivity contribution is 7.92. The van der Waals surface area contributed by atoms with Crippen molar-refractivity contribution in [2.75, 3.05) is 23.7 Å². The number of rotatable bonds is 12. The van der Waals surface area contributed by atoms with Gasteiger partial charge in [0.05, 0.1) is 18.6 Å². The molecule has 0 unspecified atom stereocenters. The van der Waals surface area contributed by atoms with Gasteiger partial charge in [0.1, 0.15) is 18.3 Å².